The molecule has 0 bridgehead atoms. The van der Waals surface area contributed by atoms with Crippen LogP contribution in [0.1, 0.15) is 19.3 Å². The fraction of sp³-hybridized carbons (Fsp3) is 0.333. The summed E-state index contributed by atoms with van der Waals surface area (Å²) in [5, 5.41) is 6.97. The van der Waals surface area contributed by atoms with E-state index in [2.05, 4.69) is 22.8 Å². The van der Waals surface area contributed by atoms with E-state index in [0.29, 0.717) is 0 Å². The maximum absolute atomic E-state index is 5.77. The normalized spacial score (nSPS) is 14.5. The molecule has 2 aromatic rings. The van der Waals surface area contributed by atoms with Crippen LogP contribution in [0.15, 0.2) is 54.6 Å². The molecule has 0 aromatic heterocycles. The van der Waals surface area contributed by atoms with Gasteiger partial charge in [0, 0.05) is 24.8 Å². The monoisotopic (exact) mass is 282 g/mol. The lowest BCUT2D eigenvalue weighted by atomic mass is 9.93. The predicted molar refractivity (Wildman–Crippen MR) is 87.1 cm³/mol. The molecule has 0 heterocycles. The summed E-state index contributed by atoms with van der Waals surface area (Å²) in [6.45, 7) is 1.97. The van der Waals surface area contributed by atoms with Gasteiger partial charge in [-0.25, -0.2) is 0 Å². The Morgan fingerprint density at radius 1 is 0.857 bits per heavy atom. The highest BCUT2D eigenvalue weighted by atomic mass is 16.5. The van der Waals surface area contributed by atoms with E-state index in [1.54, 1.807) is 0 Å². The number of rotatable bonds is 7. The standard InChI is InChI=1S/C18H22N2O/c1-2-7-17(8-3-1)21-18-11-9-16(10-12-18)20-14-13-19-15-5-4-6-15/h1-3,7-12,15,19-20H,4-6,13-14H2. The van der Waals surface area contributed by atoms with Crippen molar-refractivity contribution in [3.05, 3.63) is 54.6 Å². The van der Waals surface area contributed by atoms with Crippen LogP contribution in [0.4, 0.5) is 5.69 Å². The minimum Gasteiger partial charge on any atom is -0.457 e. The SMILES string of the molecule is c1ccc(Oc2ccc(NCCNC3CCC3)cc2)cc1. The molecule has 1 fully saturated rings. The highest BCUT2D eigenvalue weighted by Crippen LogP contribution is 2.22. The number of hydrogen-bond acceptors (Lipinski definition) is 3. The smallest absolute Gasteiger partial charge is 0.127 e. The maximum atomic E-state index is 5.77. The summed E-state index contributed by atoms with van der Waals surface area (Å²) in [5.41, 5.74) is 1.13. The van der Waals surface area contributed by atoms with Crippen LogP contribution in [0.3, 0.4) is 0 Å². The molecular weight excluding hydrogens is 260 g/mol. The third-order valence-electron chi connectivity index (χ3n) is 3.83. The predicted octanol–water partition coefficient (Wildman–Crippen LogP) is 4.03. The maximum Gasteiger partial charge on any atom is 0.127 e. The van der Waals surface area contributed by atoms with Crippen LogP contribution in [0, 0.1) is 0 Å². The summed E-state index contributed by atoms with van der Waals surface area (Å²) < 4.78 is 5.77. The van der Waals surface area contributed by atoms with Crippen molar-refractivity contribution < 1.29 is 4.74 Å². The van der Waals surface area contributed by atoms with Crippen molar-refractivity contribution in [3.8, 4) is 11.5 Å². The van der Waals surface area contributed by atoms with Gasteiger partial charge in [0.2, 0.25) is 0 Å². The Labute approximate surface area is 126 Å². The van der Waals surface area contributed by atoms with Crippen molar-refractivity contribution in [2.75, 3.05) is 18.4 Å². The van der Waals surface area contributed by atoms with Gasteiger partial charge in [0.05, 0.1) is 0 Å². The first-order valence-electron chi connectivity index (χ1n) is 7.70. The molecule has 0 atom stereocenters. The number of nitrogens with one attached hydrogen (secondary N) is 2. The highest BCUT2D eigenvalue weighted by molar-refractivity contribution is 5.47. The van der Waals surface area contributed by atoms with Crippen LogP contribution in [0.2, 0.25) is 0 Å². The quantitative estimate of drug-likeness (QED) is 0.752. The Morgan fingerprint density at radius 2 is 1.57 bits per heavy atom. The molecule has 0 amide bonds. The zero-order chi connectivity index (χ0) is 14.3. The van der Waals surface area contributed by atoms with Crippen LogP contribution in [-0.2, 0) is 0 Å². The third-order valence-corrected chi connectivity index (χ3v) is 3.83. The lowest BCUT2D eigenvalue weighted by molar-refractivity contribution is 0.345. The summed E-state index contributed by atoms with van der Waals surface area (Å²) in [4.78, 5) is 0. The van der Waals surface area contributed by atoms with Gasteiger partial charge in [0.15, 0.2) is 0 Å². The Morgan fingerprint density at radius 3 is 2.24 bits per heavy atom. The zero-order valence-corrected chi connectivity index (χ0v) is 12.2. The summed E-state index contributed by atoms with van der Waals surface area (Å²) in [5.74, 6) is 1.72. The molecule has 3 nitrogen and oxygen atoms in total. The summed E-state index contributed by atoms with van der Waals surface area (Å²) in [6, 6.07) is 18.7. The largest absolute Gasteiger partial charge is 0.457 e. The minimum atomic E-state index is 0.758. The van der Waals surface area contributed by atoms with E-state index < -0.39 is 0 Å². The first-order chi connectivity index (χ1) is 10.4. The van der Waals surface area contributed by atoms with E-state index in [1.807, 2.05) is 42.5 Å². The van der Waals surface area contributed by atoms with Crippen LogP contribution in [-0.4, -0.2) is 19.1 Å². The third kappa shape index (κ3) is 4.23. The van der Waals surface area contributed by atoms with Crippen molar-refractivity contribution in [2.45, 2.75) is 25.3 Å². The van der Waals surface area contributed by atoms with Crippen LogP contribution < -0.4 is 15.4 Å². The first-order valence-corrected chi connectivity index (χ1v) is 7.70. The average Bonchev–Trinajstić information content (AvgIpc) is 2.48. The number of hydrogen-bond donors (Lipinski definition) is 2. The Balaban J connectivity index is 1.43. The average molecular weight is 282 g/mol. The van der Waals surface area contributed by atoms with Gasteiger partial charge in [-0.15, -0.1) is 0 Å². The van der Waals surface area contributed by atoms with Crippen molar-refractivity contribution in [3.63, 3.8) is 0 Å². The second kappa shape index (κ2) is 7.14. The fourth-order valence-electron chi connectivity index (χ4n) is 2.36. The molecule has 3 heteroatoms. The molecule has 21 heavy (non-hydrogen) atoms. The summed E-state index contributed by atoms with van der Waals surface area (Å²) >= 11 is 0. The summed E-state index contributed by atoms with van der Waals surface area (Å²) in [6.07, 6.45) is 4.06. The molecule has 2 aromatic carbocycles. The van der Waals surface area contributed by atoms with Gasteiger partial charge in [-0.3, -0.25) is 0 Å². The van der Waals surface area contributed by atoms with Crippen molar-refractivity contribution in [2.24, 2.45) is 0 Å². The molecule has 1 aliphatic carbocycles. The Bertz CT molecular complexity index is 535. The van der Waals surface area contributed by atoms with Crippen LogP contribution in [0.5, 0.6) is 11.5 Å². The van der Waals surface area contributed by atoms with Gasteiger partial charge in [-0.05, 0) is 49.2 Å². The molecule has 110 valence electrons. The number of anilines is 1. The molecular formula is C18H22N2O. The molecule has 3 rings (SSSR count). The molecule has 1 saturated carbocycles. The van der Waals surface area contributed by atoms with Crippen molar-refractivity contribution >= 4 is 5.69 Å². The van der Waals surface area contributed by atoms with Crippen LogP contribution in [0.25, 0.3) is 0 Å². The molecule has 1 aliphatic rings. The number of ether oxygens (including phenoxy) is 1. The lowest BCUT2D eigenvalue weighted by Crippen LogP contribution is -2.37. The van der Waals surface area contributed by atoms with E-state index in [-0.39, 0.29) is 0 Å². The molecule has 0 aliphatic heterocycles. The van der Waals surface area contributed by atoms with Gasteiger partial charge in [0.25, 0.3) is 0 Å². The van der Waals surface area contributed by atoms with E-state index >= 15 is 0 Å². The van der Waals surface area contributed by atoms with E-state index in [4.69, 9.17) is 4.74 Å². The van der Waals surface area contributed by atoms with E-state index in [1.165, 1.54) is 19.3 Å². The molecule has 0 radical (unpaired) electrons. The molecule has 0 unspecified atom stereocenters. The Hall–Kier alpha value is -2.00. The second-order valence-electron chi connectivity index (χ2n) is 5.45. The molecule has 0 saturated heterocycles. The number of para-hydroxylation sites is 1. The van der Waals surface area contributed by atoms with E-state index in [0.717, 1.165) is 36.3 Å². The fourth-order valence-corrected chi connectivity index (χ4v) is 2.36. The second-order valence-corrected chi connectivity index (χ2v) is 5.45. The van der Waals surface area contributed by atoms with Gasteiger partial charge in [0.1, 0.15) is 11.5 Å². The zero-order valence-electron chi connectivity index (χ0n) is 12.2. The van der Waals surface area contributed by atoms with Crippen LogP contribution >= 0.6 is 0 Å². The summed E-state index contributed by atoms with van der Waals surface area (Å²) in [7, 11) is 0. The topological polar surface area (TPSA) is 33.3 Å². The minimum absolute atomic E-state index is 0.758. The molecule has 0 spiro atoms. The lowest BCUT2D eigenvalue weighted by Gasteiger charge is -2.26. The van der Waals surface area contributed by atoms with Crippen molar-refractivity contribution in [1.82, 2.24) is 5.32 Å². The van der Waals surface area contributed by atoms with Gasteiger partial charge in [-0.1, -0.05) is 24.6 Å². The molecule has 2 N–H and O–H groups in total. The van der Waals surface area contributed by atoms with Gasteiger partial charge < -0.3 is 15.4 Å². The number of benzene rings is 2. The van der Waals surface area contributed by atoms with E-state index in [9.17, 15) is 0 Å². The van der Waals surface area contributed by atoms with Gasteiger partial charge in [-0.2, -0.15) is 0 Å². The van der Waals surface area contributed by atoms with Gasteiger partial charge >= 0.3 is 0 Å². The van der Waals surface area contributed by atoms with Crippen molar-refractivity contribution in [1.29, 1.82) is 0 Å². The first kappa shape index (κ1) is 14.0. The highest BCUT2D eigenvalue weighted by Gasteiger charge is 2.15. The Kier molecular flexibility index (Phi) is 4.74.